The number of nitriles is 1. The molecule has 1 unspecified atom stereocenters. The van der Waals surface area contributed by atoms with E-state index >= 15 is 0 Å². The highest BCUT2D eigenvalue weighted by Gasteiger charge is 2.29. The van der Waals surface area contributed by atoms with Gasteiger partial charge in [0.15, 0.2) is 5.78 Å². The maximum Gasteiger partial charge on any atom is 0.263 e. The van der Waals surface area contributed by atoms with E-state index in [9.17, 15) is 14.9 Å². The van der Waals surface area contributed by atoms with Crippen molar-refractivity contribution >= 4 is 40.0 Å². The predicted molar refractivity (Wildman–Crippen MR) is 117 cm³/mol. The van der Waals surface area contributed by atoms with Crippen molar-refractivity contribution in [1.29, 1.82) is 5.26 Å². The van der Waals surface area contributed by atoms with Gasteiger partial charge in [-0.05, 0) is 41.0 Å². The molecule has 0 aromatic heterocycles. The molecule has 1 aliphatic carbocycles. The molecule has 30 heavy (non-hydrogen) atoms. The quantitative estimate of drug-likeness (QED) is 0.572. The van der Waals surface area contributed by atoms with Gasteiger partial charge in [-0.15, -0.1) is 0 Å². The van der Waals surface area contributed by atoms with Gasteiger partial charge < -0.3 is 15.0 Å². The van der Waals surface area contributed by atoms with E-state index in [2.05, 4.69) is 11.4 Å². The number of ketones is 1. The molecule has 1 fully saturated rings. The number of ether oxygens (including phenoxy) is 1. The Bertz CT molecular complexity index is 1130. The van der Waals surface area contributed by atoms with Gasteiger partial charge in [0, 0.05) is 18.8 Å². The molecular formula is C22H15N3O3S2. The van der Waals surface area contributed by atoms with Crippen molar-refractivity contribution in [2.24, 2.45) is 0 Å². The van der Waals surface area contributed by atoms with Crippen molar-refractivity contribution in [3.63, 3.8) is 0 Å². The molecule has 0 spiro atoms. The number of thiocarbonyl (C=S) groups is 1. The summed E-state index contributed by atoms with van der Waals surface area (Å²) in [6.07, 6.45) is 11.8. The number of carbonyl (C=O) groups is 2. The molecule has 0 radical (unpaired) electrons. The highest BCUT2D eigenvalue weighted by atomic mass is 32.2. The van der Waals surface area contributed by atoms with Crippen molar-refractivity contribution in [2.45, 2.75) is 12.5 Å². The molecule has 2 aliphatic heterocycles. The minimum absolute atomic E-state index is 0.0335. The molecule has 8 heteroatoms. The Morgan fingerprint density at radius 2 is 2.07 bits per heavy atom. The average Bonchev–Trinajstić information content (AvgIpc) is 3.07. The summed E-state index contributed by atoms with van der Waals surface area (Å²) in [4.78, 5) is 26.9. The van der Waals surface area contributed by atoms with Crippen molar-refractivity contribution in [1.82, 2.24) is 10.2 Å². The lowest BCUT2D eigenvalue weighted by molar-refractivity contribution is -0.115. The zero-order valence-corrected chi connectivity index (χ0v) is 17.2. The predicted octanol–water partition coefficient (Wildman–Crippen LogP) is 3.73. The normalized spacial score (nSPS) is 20.4. The number of nitrogens with one attached hydrogen (secondary N) is 1. The van der Waals surface area contributed by atoms with Crippen LogP contribution in [0.15, 0.2) is 83.5 Å². The van der Waals surface area contributed by atoms with Gasteiger partial charge in [0.1, 0.15) is 16.8 Å². The Labute approximate surface area is 182 Å². The average molecular weight is 434 g/mol. The second-order valence-electron chi connectivity index (χ2n) is 6.60. The van der Waals surface area contributed by atoms with Gasteiger partial charge in [0.2, 0.25) is 0 Å². The van der Waals surface area contributed by atoms with Crippen LogP contribution in [0.25, 0.3) is 0 Å². The third-order valence-electron chi connectivity index (χ3n) is 4.70. The summed E-state index contributed by atoms with van der Waals surface area (Å²) in [5.41, 5.74) is 2.94. The molecule has 3 aliphatic rings. The fourth-order valence-electron chi connectivity index (χ4n) is 3.41. The number of allylic oxidation sites excluding steroid dienone is 4. The molecule has 0 saturated carbocycles. The highest BCUT2D eigenvalue weighted by Crippen LogP contribution is 2.38. The van der Waals surface area contributed by atoms with Gasteiger partial charge in [-0.25, -0.2) is 0 Å². The lowest BCUT2D eigenvalue weighted by Crippen LogP contribution is -2.25. The number of thioether (sulfide) groups is 1. The number of carbonyl (C=O) groups excluding carboxylic acids is 2. The molecule has 1 amide bonds. The Morgan fingerprint density at radius 3 is 2.77 bits per heavy atom. The summed E-state index contributed by atoms with van der Waals surface area (Å²) < 4.78 is 5.57. The van der Waals surface area contributed by atoms with Crippen molar-refractivity contribution < 1.29 is 14.3 Å². The SMILES string of the molecule is N#Cc1cccc(C(C2=C(C=C3SC(=S)NC3=O)C=CC(=O)C2)N2C=COC=C2)c1. The van der Waals surface area contributed by atoms with Crippen LogP contribution in [0.4, 0.5) is 0 Å². The second-order valence-corrected chi connectivity index (χ2v) is 8.32. The van der Waals surface area contributed by atoms with Crippen LogP contribution in [0.2, 0.25) is 0 Å². The van der Waals surface area contributed by atoms with Crippen molar-refractivity contribution in [3.05, 3.63) is 94.6 Å². The van der Waals surface area contributed by atoms with E-state index in [4.69, 9.17) is 17.0 Å². The first kappa shape index (κ1) is 19.9. The highest BCUT2D eigenvalue weighted by molar-refractivity contribution is 8.26. The molecule has 1 aromatic rings. The fraction of sp³-hybridized carbons (Fsp3) is 0.0909. The van der Waals surface area contributed by atoms with Crippen LogP contribution < -0.4 is 5.32 Å². The van der Waals surface area contributed by atoms with Crippen LogP contribution in [0.5, 0.6) is 0 Å². The van der Waals surface area contributed by atoms with Gasteiger partial charge in [0.05, 0.1) is 22.6 Å². The number of nitrogens with zero attached hydrogens (tertiary/aromatic N) is 2. The molecule has 1 saturated heterocycles. The first-order chi connectivity index (χ1) is 14.5. The van der Waals surface area contributed by atoms with Gasteiger partial charge in [-0.1, -0.05) is 42.2 Å². The van der Waals surface area contributed by atoms with E-state index in [1.165, 1.54) is 17.8 Å². The van der Waals surface area contributed by atoms with Crippen molar-refractivity contribution in [3.8, 4) is 6.07 Å². The van der Waals surface area contributed by atoms with Crippen LogP contribution >= 0.6 is 24.0 Å². The summed E-state index contributed by atoms with van der Waals surface area (Å²) in [6, 6.07) is 9.05. The van der Waals surface area contributed by atoms with E-state index in [1.54, 1.807) is 49.2 Å². The van der Waals surface area contributed by atoms with E-state index in [0.717, 1.165) is 16.7 Å². The molecule has 148 valence electrons. The molecule has 1 aromatic carbocycles. The zero-order valence-electron chi connectivity index (χ0n) is 15.6. The molecule has 1 N–H and O–H groups in total. The van der Waals surface area contributed by atoms with Crippen LogP contribution in [0.1, 0.15) is 23.6 Å². The first-order valence-corrected chi connectivity index (χ1v) is 10.2. The minimum Gasteiger partial charge on any atom is -0.470 e. The summed E-state index contributed by atoms with van der Waals surface area (Å²) in [5, 5.41) is 12.0. The van der Waals surface area contributed by atoms with Gasteiger partial charge >= 0.3 is 0 Å². The summed E-state index contributed by atoms with van der Waals surface area (Å²) >= 11 is 6.27. The van der Waals surface area contributed by atoms with Gasteiger partial charge in [0.25, 0.3) is 5.91 Å². The third-order valence-corrected chi connectivity index (χ3v) is 5.86. The molecular weight excluding hydrogens is 418 g/mol. The van der Waals surface area contributed by atoms with E-state index in [0.29, 0.717) is 14.8 Å². The largest absolute Gasteiger partial charge is 0.470 e. The first-order valence-electron chi connectivity index (χ1n) is 9.00. The summed E-state index contributed by atoms with van der Waals surface area (Å²) in [5.74, 6) is -0.287. The lowest BCUT2D eigenvalue weighted by atomic mass is 9.86. The maximum absolute atomic E-state index is 12.3. The van der Waals surface area contributed by atoms with E-state index in [-0.39, 0.29) is 24.2 Å². The monoisotopic (exact) mass is 433 g/mol. The number of rotatable bonds is 4. The van der Waals surface area contributed by atoms with Gasteiger partial charge in [-0.2, -0.15) is 5.26 Å². The van der Waals surface area contributed by atoms with Crippen LogP contribution in [0.3, 0.4) is 0 Å². The minimum atomic E-state index is -0.364. The van der Waals surface area contributed by atoms with Crippen LogP contribution in [-0.2, 0) is 14.3 Å². The lowest BCUT2D eigenvalue weighted by Gasteiger charge is -2.33. The van der Waals surface area contributed by atoms with E-state index in [1.807, 2.05) is 17.0 Å². The van der Waals surface area contributed by atoms with E-state index < -0.39 is 0 Å². The number of amides is 1. The fourth-order valence-corrected chi connectivity index (χ4v) is 4.44. The molecule has 0 bridgehead atoms. The van der Waals surface area contributed by atoms with Crippen LogP contribution in [0, 0.1) is 11.3 Å². The number of benzene rings is 1. The molecule has 2 heterocycles. The number of hydrogen-bond donors (Lipinski definition) is 1. The Hall–Kier alpha value is -3.41. The standard InChI is InChI=1S/C22H15N3O3S2/c23-13-14-2-1-3-16(10-14)20(25-6-8-28-9-7-25)18-12-17(26)5-4-15(18)11-19-21(27)24-22(29)30-19/h1-11,20H,12H2,(H,24,27,29). The smallest absolute Gasteiger partial charge is 0.263 e. The Kier molecular flexibility index (Phi) is 5.65. The second kappa shape index (κ2) is 8.53. The summed E-state index contributed by atoms with van der Waals surface area (Å²) in [6.45, 7) is 0. The third kappa shape index (κ3) is 4.13. The Balaban J connectivity index is 1.87. The topological polar surface area (TPSA) is 82.4 Å². The maximum atomic E-state index is 12.3. The Morgan fingerprint density at radius 1 is 1.27 bits per heavy atom. The zero-order chi connectivity index (χ0) is 21.1. The number of hydrogen-bond acceptors (Lipinski definition) is 7. The molecule has 6 nitrogen and oxygen atoms in total. The van der Waals surface area contributed by atoms with Gasteiger partial charge in [-0.3, -0.25) is 9.59 Å². The van der Waals surface area contributed by atoms with Crippen LogP contribution in [-0.4, -0.2) is 20.9 Å². The molecule has 4 rings (SSSR count). The summed E-state index contributed by atoms with van der Waals surface area (Å²) in [7, 11) is 0. The van der Waals surface area contributed by atoms with Crippen molar-refractivity contribution in [2.75, 3.05) is 0 Å². The molecule has 1 atom stereocenters.